The predicted octanol–water partition coefficient (Wildman–Crippen LogP) is 17.1. The predicted molar refractivity (Wildman–Crippen MR) is 278 cm³/mol. The smallest absolute Gasteiger partial charge is 0.0542 e. The molecule has 4 heteroatoms. The summed E-state index contributed by atoms with van der Waals surface area (Å²) in [7, 11) is 0. The first-order valence-electron chi connectivity index (χ1n) is 22.2. The highest BCUT2D eigenvalue weighted by Crippen LogP contribution is 2.42. The first-order chi connectivity index (χ1) is 32.1. The molecule has 0 saturated carbocycles. The van der Waals surface area contributed by atoms with Crippen LogP contribution in [0.1, 0.15) is 6.92 Å². The van der Waals surface area contributed by atoms with Gasteiger partial charge in [-0.1, -0.05) is 140 Å². The van der Waals surface area contributed by atoms with Gasteiger partial charge in [-0.15, -0.1) is 0 Å². The van der Waals surface area contributed by atoms with Crippen LogP contribution in [0.2, 0.25) is 0 Å². The van der Waals surface area contributed by atoms with Crippen LogP contribution < -0.4 is 9.80 Å². The molecule has 0 spiro atoms. The van der Waals surface area contributed by atoms with Crippen molar-refractivity contribution in [1.29, 1.82) is 0 Å². The molecule has 0 amide bonds. The molecule has 9 aromatic carbocycles. The fraction of sp³-hybridized carbons (Fsp3) is 0.0164. The second kappa shape index (κ2) is 16.9. The molecule has 65 heavy (non-hydrogen) atoms. The number of rotatable bonds is 11. The number of para-hydroxylation sites is 5. The molecule has 0 aliphatic heterocycles. The highest BCUT2D eigenvalue weighted by atomic mass is 15.1. The second-order valence-electron chi connectivity index (χ2n) is 16.3. The van der Waals surface area contributed by atoms with Gasteiger partial charge in [0.25, 0.3) is 0 Å². The van der Waals surface area contributed by atoms with E-state index in [1.807, 2.05) is 25.2 Å². The molecule has 0 aliphatic carbocycles. The van der Waals surface area contributed by atoms with E-state index >= 15 is 0 Å². The van der Waals surface area contributed by atoms with E-state index in [2.05, 4.69) is 256 Å². The number of fused-ring (bicyclic) bond motifs is 6. The summed E-state index contributed by atoms with van der Waals surface area (Å²) >= 11 is 0. The zero-order valence-electron chi connectivity index (χ0n) is 36.2. The fourth-order valence-corrected chi connectivity index (χ4v) is 9.37. The third kappa shape index (κ3) is 7.17. The topological polar surface area (TPSA) is 16.3 Å². The number of nitrogens with zero attached hydrogens (tertiary/aromatic N) is 4. The minimum atomic E-state index is 0.920. The van der Waals surface area contributed by atoms with Crippen LogP contribution in [0, 0.1) is 0 Å². The summed E-state index contributed by atoms with van der Waals surface area (Å²) < 4.78 is 4.62. The lowest BCUT2D eigenvalue weighted by atomic mass is 10.0. The molecule has 4 nitrogen and oxygen atoms in total. The van der Waals surface area contributed by atoms with Crippen molar-refractivity contribution in [2.45, 2.75) is 6.92 Å². The SMILES string of the molecule is C=C(/C=C\C=C/C)n1c2ccccc2c2cc(N(c3ccccc3)c3ccc(-c4ccc(N(c5ccccc5)c5ccc6c(c5)c5ccccc5n6-c5ccccc5)cc4)cc3)ccc21. The fourth-order valence-electron chi connectivity index (χ4n) is 9.37. The van der Waals surface area contributed by atoms with Crippen molar-refractivity contribution in [3.63, 3.8) is 0 Å². The number of anilines is 6. The maximum absolute atomic E-state index is 4.45. The van der Waals surface area contributed by atoms with E-state index in [0.717, 1.165) is 67.7 Å². The van der Waals surface area contributed by atoms with E-state index in [-0.39, 0.29) is 0 Å². The monoisotopic (exact) mass is 834 g/mol. The Morgan fingerprint density at radius 1 is 0.385 bits per heavy atom. The molecule has 310 valence electrons. The van der Waals surface area contributed by atoms with Crippen LogP contribution in [0.4, 0.5) is 34.1 Å². The Morgan fingerprint density at radius 3 is 1.34 bits per heavy atom. The lowest BCUT2D eigenvalue weighted by Crippen LogP contribution is -2.10. The van der Waals surface area contributed by atoms with Crippen molar-refractivity contribution < 1.29 is 0 Å². The normalized spacial score (nSPS) is 11.7. The van der Waals surface area contributed by atoms with E-state index in [4.69, 9.17) is 0 Å². The van der Waals surface area contributed by atoms with Crippen LogP contribution in [0.5, 0.6) is 0 Å². The Morgan fingerprint density at radius 2 is 0.785 bits per heavy atom. The molecule has 11 rings (SSSR count). The van der Waals surface area contributed by atoms with Crippen molar-refractivity contribution in [1.82, 2.24) is 9.13 Å². The molecule has 0 fully saturated rings. The van der Waals surface area contributed by atoms with E-state index in [0.29, 0.717) is 0 Å². The van der Waals surface area contributed by atoms with Crippen molar-refractivity contribution in [2.24, 2.45) is 0 Å². The Kier molecular flexibility index (Phi) is 10.2. The zero-order chi connectivity index (χ0) is 43.7. The maximum Gasteiger partial charge on any atom is 0.0542 e. The quantitative estimate of drug-likeness (QED) is 0.121. The summed E-state index contributed by atoms with van der Waals surface area (Å²) in [5.41, 5.74) is 15.6. The minimum absolute atomic E-state index is 0.920. The minimum Gasteiger partial charge on any atom is -0.310 e. The molecule has 0 aliphatic rings. The summed E-state index contributed by atoms with van der Waals surface area (Å²) in [6, 6.07) is 80.7. The van der Waals surface area contributed by atoms with Crippen LogP contribution in [0.3, 0.4) is 0 Å². The Balaban J connectivity index is 0.943. The van der Waals surface area contributed by atoms with Gasteiger partial charge < -0.3 is 18.9 Å². The van der Waals surface area contributed by atoms with Crippen LogP contribution in [-0.2, 0) is 0 Å². The number of allylic oxidation sites excluding steroid dienone is 5. The number of aromatic nitrogens is 2. The van der Waals surface area contributed by atoms with E-state index in [1.165, 1.54) is 32.6 Å². The van der Waals surface area contributed by atoms with Gasteiger partial charge in [-0.3, -0.25) is 0 Å². The molecule has 0 unspecified atom stereocenters. The number of hydrogen-bond acceptors (Lipinski definition) is 2. The average Bonchev–Trinajstić information content (AvgIpc) is 3.88. The highest BCUT2D eigenvalue weighted by molar-refractivity contribution is 6.12. The average molecular weight is 835 g/mol. The van der Waals surface area contributed by atoms with Gasteiger partial charge in [-0.25, -0.2) is 0 Å². The van der Waals surface area contributed by atoms with Gasteiger partial charge in [0.2, 0.25) is 0 Å². The van der Waals surface area contributed by atoms with Gasteiger partial charge in [0.1, 0.15) is 0 Å². The Bertz CT molecular complexity index is 3540. The standard InChI is InChI=1S/C61H46N4/c1-3-4-8-19-44(2)62-58-28-17-15-26-54(58)56-42-52(38-40-60(56)62)63(47-20-9-5-10-21-47)50-34-30-45(31-35-50)46-32-36-51(37-33-46)64(48-22-11-6-12-23-48)53-39-41-61-57(43-53)55-27-16-18-29-59(55)65(61)49-24-13-7-14-25-49/h3-43H,2H2,1H3/b4-3-,19-8-. The maximum atomic E-state index is 4.45. The lowest BCUT2D eigenvalue weighted by molar-refractivity contribution is 1.18. The van der Waals surface area contributed by atoms with Crippen molar-refractivity contribution in [2.75, 3.05) is 9.80 Å². The van der Waals surface area contributed by atoms with Crippen molar-refractivity contribution in [3.8, 4) is 16.8 Å². The van der Waals surface area contributed by atoms with E-state index in [1.54, 1.807) is 0 Å². The van der Waals surface area contributed by atoms with Crippen molar-refractivity contribution >= 4 is 83.4 Å². The van der Waals surface area contributed by atoms with Gasteiger partial charge in [-0.2, -0.15) is 0 Å². The summed E-state index contributed by atoms with van der Waals surface area (Å²) in [4.78, 5) is 4.69. The van der Waals surface area contributed by atoms with Crippen LogP contribution in [-0.4, -0.2) is 9.13 Å². The van der Waals surface area contributed by atoms with E-state index in [9.17, 15) is 0 Å². The summed E-state index contributed by atoms with van der Waals surface area (Å²) in [6.07, 6.45) is 8.17. The molecule has 0 radical (unpaired) electrons. The molecule has 0 saturated heterocycles. The lowest BCUT2D eigenvalue weighted by Gasteiger charge is -2.26. The van der Waals surface area contributed by atoms with Crippen molar-refractivity contribution in [3.05, 3.63) is 255 Å². The molecular weight excluding hydrogens is 789 g/mol. The van der Waals surface area contributed by atoms with Crippen LogP contribution in [0.25, 0.3) is 66.1 Å². The van der Waals surface area contributed by atoms with Crippen LogP contribution in [0.15, 0.2) is 255 Å². The summed E-state index contributed by atoms with van der Waals surface area (Å²) in [6.45, 7) is 6.47. The Hall–Kier alpha value is -8.60. The Labute approximate surface area is 379 Å². The summed E-state index contributed by atoms with van der Waals surface area (Å²) in [5, 5.41) is 4.82. The number of benzene rings is 9. The largest absolute Gasteiger partial charge is 0.310 e. The molecule has 11 aromatic rings. The third-order valence-corrected chi connectivity index (χ3v) is 12.3. The highest BCUT2D eigenvalue weighted by Gasteiger charge is 2.19. The molecule has 0 N–H and O–H groups in total. The third-order valence-electron chi connectivity index (χ3n) is 12.3. The molecule has 0 bridgehead atoms. The molecular formula is C61H46N4. The molecule has 2 aromatic heterocycles. The molecule has 0 atom stereocenters. The van der Waals surface area contributed by atoms with Gasteiger partial charge >= 0.3 is 0 Å². The summed E-state index contributed by atoms with van der Waals surface area (Å²) in [5.74, 6) is 0. The van der Waals surface area contributed by atoms with E-state index < -0.39 is 0 Å². The van der Waals surface area contributed by atoms with Gasteiger partial charge in [0.05, 0.1) is 22.1 Å². The van der Waals surface area contributed by atoms with Gasteiger partial charge in [0, 0.05) is 67.1 Å². The number of hydrogen-bond donors (Lipinski definition) is 0. The molecule has 2 heterocycles. The van der Waals surface area contributed by atoms with Crippen LogP contribution >= 0.6 is 0 Å². The van der Waals surface area contributed by atoms with Gasteiger partial charge in [0.15, 0.2) is 0 Å². The first-order valence-corrected chi connectivity index (χ1v) is 22.2. The van der Waals surface area contributed by atoms with Gasteiger partial charge in [-0.05, 0) is 133 Å². The second-order valence-corrected chi connectivity index (χ2v) is 16.3. The zero-order valence-corrected chi connectivity index (χ0v) is 36.2. The first kappa shape index (κ1) is 39.3.